The zero-order chi connectivity index (χ0) is 19.5. The van der Waals surface area contributed by atoms with Crippen molar-refractivity contribution in [1.82, 2.24) is 29.3 Å². The Morgan fingerprint density at radius 1 is 1.04 bits per heavy atom. The SMILES string of the molecule is Cc1cc(C)n(Cn2ccc(C(=O)Nc3cccc(Cn4cccn4)c3)n2)n1. The molecule has 0 spiro atoms. The smallest absolute Gasteiger partial charge is 0.276 e. The number of amides is 1. The summed E-state index contributed by atoms with van der Waals surface area (Å²) < 4.78 is 5.38. The van der Waals surface area contributed by atoms with E-state index in [1.807, 2.05) is 65.8 Å². The van der Waals surface area contributed by atoms with E-state index in [4.69, 9.17) is 0 Å². The van der Waals surface area contributed by atoms with Gasteiger partial charge in [0, 0.05) is 30.0 Å². The van der Waals surface area contributed by atoms with Crippen LogP contribution < -0.4 is 5.32 Å². The topological polar surface area (TPSA) is 82.6 Å². The van der Waals surface area contributed by atoms with Crippen LogP contribution in [-0.4, -0.2) is 35.2 Å². The summed E-state index contributed by atoms with van der Waals surface area (Å²) >= 11 is 0. The van der Waals surface area contributed by atoms with Crippen molar-refractivity contribution in [3.8, 4) is 0 Å². The molecule has 4 aromatic rings. The van der Waals surface area contributed by atoms with E-state index >= 15 is 0 Å². The average Bonchev–Trinajstić information content (AvgIpc) is 3.39. The third-order valence-electron chi connectivity index (χ3n) is 4.34. The summed E-state index contributed by atoms with van der Waals surface area (Å²) in [5.41, 5.74) is 4.14. The molecule has 4 rings (SSSR count). The van der Waals surface area contributed by atoms with E-state index in [0.29, 0.717) is 18.9 Å². The second kappa shape index (κ2) is 7.51. The maximum atomic E-state index is 12.6. The quantitative estimate of drug-likeness (QED) is 0.562. The highest BCUT2D eigenvalue weighted by atomic mass is 16.1. The molecule has 0 fully saturated rings. The molecular weight excluding hydrogens is 354 g/mol. The van der Waals surface area contributed by atoms with Gasteiger partial charge in [0.25, 0.3) is 5.91 Å². The minimum Gasteiger partial charge on any atom is -0.321 e. The number of benzene rings is 1. The molecule has 28 heavy (non-hydrogen) atoms. The van der Waals surface area contributed by atoms with Crippen molar-refractivity contribution in [2.45, 2.75) is 27.1 Å². The Morgan fingerprint density at radius 3 is 2.68 bits per heavy atom. The number of carbonyl (C=O) groups is 1. The molecule has 1 aromatic carbocycles. The van der Waals surface area contributed by atoms with Crippen molar-refractivity contribution in [3.63, 3.8) is 0 Å². The molecule has 0 aliphatic carbocycles. The Labute approximate surface area is 162 Å². The number of hydrogen-bond acceptors (Lipinski definition) is 4. The molecule has 0 saturated heterocycles. The van der Waals surface area contributed by atoms with Gasteiger partial charge in [-0.05, 0) is 49.7 Å². The summed E-state index contributed by atoms with van der Waals surface area (Å²) in [7, 11) is 0. The van der Waals surface area contributed by atoms with Crippen LogP contribution >= 0.6 is 0 Å². The number of hydrogen-bond donors (Lipinski definition) is 1. The van der Waals surface area contributed by atoms with Crippen LogP contribution in [0.2, 0.25) is 0 Å². The van der Waals surface area contributed by atoms with Crippen LogP contribution in [0.15, 0.2) is 61.1 Å². The molecule has 3 aromatic heterocycles. The van der Waals surface area contributed by atoms with Crippen molar-refractivity contribution >= 4 is 11.6 Å². The number of nitrogens with zero attached hydrogens (tertiary/aromatic N) is 6. The Bertz CT molecular complexity index is 1090. The van der Waals surface area contributed by atoms with Crippen LogP contribution in [0.3, 0.4) is 0 Å². The third-order valence-corrected chi connectivity index (χ3v) is 4.34. The van der Waals surface area contributed by atoms with E-state index < -0.39 is 0 Å². The Kier molecular flexibility index (Phi) is 4.76. The van der Waals surface area contributed by atoms with Crippen LogP contribution in [0.5, 0.6) is 0 Å². The molecule has 1 N–H and O–H groups in total. The average molecular weight is 375 g/mol. The van der Waals surface area contributed by atoms with Gasteiger partial charge in [0.05, 0.1) is 12.2 Å². The first-order valence-corrected chi connectivity index (χ1v) is 8.99. The van der Waals surface area contributed by atoms with Gasteiger partial charge in [0.15, 0.2) is 5.69 Å². The molecule has 0 unspecified atom stereocenters. The Hall–Kier alpha value is -3.68. The lowest BCUT2D eigenvalue weighted by atomic mass is 10.2. The van der Waals surface area contributed by atoms with Crippen LogP contribution in [0, 0.1) is 13.8 Å². The molecule has 1 amide bonds. The van der Waals surface area contributed by atoms with E-state index in [2.05, 4.69) is 20.6 Å². The molecule has 0 atom stereocenters. The van der Waals surface area contributed by atoms with Gasteiger partial charge in [-0.3, -0.25) is 14.2 Å². The molecule has 3 heterocycles. The van der Waals surface area contributed by atoms with Crippen LogP contribution in [-0.2, 0) is 13.2 Å². The van der Waals surface area contributed by atoms with Crippen LogP contribution in [0.4, 0.5) is 5.69 Å². The third kappa shape index (κ3) is 4.01. The fourth-order valence-electron chi connectivity index (χ4n) is 3.04. The highest BCUT2D eigenvalue weighted by molar-refractivity contribution is 6.02. The van der Waals surface area contributed by atoms with E-state index in [9.17, 15) is 4.79 Å². The molecule has 142 valence electrons. The molecule has 0 aliphatic heterocycles. The fraction of sp³-hybridized carbons (Fsp3) is 0.200. The maximum Gasteiger partial charge on any atom is 0.276 e. The van der Waals surface area contributed by atoms with Gasteiger partial charge in [-0.15, -0.1) is 0 Å². The number of carbonyl (C=O) groups excluding carboxylic acids is 1. The number of aryl methyl sites for hydroxylation is 2. The van der Waals surface area contributed by atoms with E-state index in [1.54, 1.807) is 23.1 Å². The van der Waals surface area contributed by atoms with Gasteiger partial charge >= 0.3 is 0 Å². The number of anilines is 1. The minimum atomic E-state index is -0.247. The number of nitrogens with one attached hydrogen (secondary N) is 1. The van der Waals surface area contributed by atoms with Gasteiger partial charge in [0.2, 0.25) is 0 Å². The molecule has 0 radical (unpaired) electrons. The molecule has 0 bridgehead atoms. The van der Waals surface area contributed by atoms with Gasteiger partial charge in [-0.25, -0.2) is 4.68 Å². The lowest BCUT2D eigenvalue weighted by Crippen LogP contribution is -2.15. The lowest BCUT2D eigenvalue weighted by Gasteiger charge is -2.07. The first-order valence-electron chi connectivity index (χ1n) is 8.99. The summed E-state index contributed by atoms with van der Waals surface area (Å²) in [5, 5.41) is 15.9. The Morgan fingerprint density at radius 2 is 1.93 bits per heavy atom. The second-order valence-electron chi connectivity index (χ2n) is 6.67. The highest BCUT2D eigenvalue weighted by Gasteiger charge is 2.11. The zero-order valence-corrected chi connectivity index (χ0v) is 15.8. The number of rotatable bonds is 6. The predicted molar refractivity (Wildman–Crippen MR) is 105 cm³/mol. The fourth-order valence-corrected chi connectivity index (χ4v) is 3.04. The van der Waals surface area contributed by atoms with E-state index in [0.717, 1.165) is 22.6 Å². The van der Waals surface area contributed by atoms with Crippen molar-refractivity contribution in [2.24, 2.45) is 0 Å². The van der Waals surface area contributed by atoms with Crippen molar-refractivity contribution in [1.29, 1.82) is 0 Å². The van der Waals surface area contributed by atoms with Crippen molar-refractivity contribution in [2.75, 3.05) is 5.32 Å². The Balaban J connectivity index is 1.43. The molecule has 8 heteroatoms. The summed E-state index contributed by atoms with van der Waals surface area (Å²) in [5.74, 6) is -0.247. The first-order chi connectivity index (χ1) is 13.6. The molecule has 8 nitrogen and oxygen atoms in total. The van der Waals surface area contributed by atoms with Gasteiger partial charge in [0.1, 0.15) is 6.67 Å². The second-order valence-corrected chi connectivity index (χ2v) is 6.67. The van der Waals surface area contributed by atoms with Crippen molar-refractivity contribution in [3.05, 3.63) is 83.7 Å². The largest absolute Gasteiger partial charge is 0.321 e. The van der Waals surface area contributed by atoms with Gasteiger partial charge in [-0.2, -0.15) is 15.3 Å². The maximum absolute atomic E-state index is 12.6. The normalized spacial score (nSPS) is 10.9. The number of aromatic nitrogens is 6. The summed E-state index contributed by atoms with van der Waals surface area (Å²) in [6.45, 7) is 5.06. The van der Waals surface area contributed by atoms with Crippen LogP contribution in [0.1, 0.15) is 27.4 Å². The van der Waals surface area contributed by atoms with Crippen LogP contribution in [0.25, 0.3) is 0 Å². The summed E-state index contributed by atoms with van der Waals surface area (Å²) in [6, 6.07) is 13.3. The first kappa shape index (κ1) is 17.7. The highest BCUT2D eigenvalue weighted by Crippen LogP contribution is 2.13. The minimum absolute atomic E-state index is 0.247. The van der Waals surface area contributed by atoms with E-state index in [1.165, 1.54) is 0 Å². The summed E-state index contributed by atoms with van der Waals surface area (Å²) in [4.78, 5) is 12.6. The lowest BCUT2D eigenvalue weighted by molar-refractivity contribution is 0.102. The molecule has 0 saturated carbocycles. The molecule has 0 aliphatic rings. The van der Waals surface area contributed by atoms with E-state index in [-0.39, 0.29) is 5.91 Å². The summed E-state index contributed by atoms with van der Waals surface area (Å²) in [6.07, 6.45) is 5.42. The van der Waals surface area contributed by atoms with Gasteiger partial charge in [-0.1, -0.05) is 12.1 Å². The van der Waals surface area contributed by atoms with Crippen molar-refractivity contribution < 1.29 is 4.79 Å². The monoisotopic (exact) mass is 375 g/mol. The van der Waals surface area contributed by atoms with Gasteiger partial charge < -0.3 is 5.32 Å². The standard InChI is InChI=1S/C20H21N7O/c1-15-11-16(2)27(23-15)14-26-10-7-19(24-26)20(28)22-18-6-3-5-17(12-18)13-25-9-4-8-21-25/h3-12H,13-14H2,1-2H3,(H,22,28). The molecular formula is C20H21N7O. The predicted octanol–water partition coefficient (Wildman–Crippen LogP) is 2.70. The zero-order valence-electron chi connectivity index (χ0n) is 15.8.